The Labute approximate surface area is 135 Å². The molecule has 0 unspecified atom stereocenters. The van der Waals surface area contributed by atoms with Gasteiger partial charge in [-0.05, 0) is 50.5 Å². The van der Waals surface area contributed by atoms with E-state index in [4.69, 9.17) is 4.74 Å². The maximum atomic E-state index is 12.4. The summed E-state index contributed by atoms with van der Waals surface area (Å²) in [4.78, 5) is 36.0. The van der Waals surface area contributed by atoms with Crippen LogP contribution in [-0.4, -0.2) is 30.9 Å². The molecule has 0 saturated heterocycles. The van der Waals surface area contributed by atoms with Gasteiger partial charge in [0, 0.05) is 12.2 Å². The van der Waals surface area contributed by atoms with E-state index in [1.54, 1.807) is 31.2 Å². The maximum absolute atomic E-state index is 12.4. The average molecular weight is 318 g/mol. The van der Waals surface area contributed by atoms with E-state index < -0.39 is 11.4 Å². The highest BCUT2D eigenvalue weighted by Gasteiger charge is 2.56. The predicted molar refractivity (Wildman–Crippen MR) is 86.0 cm³/mol. The molecule has 2 N–H and O–H groups in total. The van der Waals surface area contributed by atoms with Crippen molar-refractivity contribution in [2.45, 2.75) is 33.1 Å². The van der Waals surface area contributed by atoms with Crippen LogP contribution in [-0.2, 0) is 14.3 Å². The van der Waals surface area contributed by atoms with E-state index in [1.807, 2.05) is 6.92 Å². The molecule has 0 aromatic heterocycles. The molecule has 2 amide bonds. The zero-order valence-electron chi connectivity index (χ0n) is 13.5. The van der Waals surface area contributed by atoms with Crippen LogP contribution in [0.3, 0.4) is 0 Å². The summed E-state index contributed by atoms with van der Waals surface area (Å²) in [7, 11) is 0. The van der Waals surface area contributed by atoms with Gasteiger partial charge in [-0.15, -0.1) is 0 Å². The van der Waals surface area contributed by atoms with E-state index in [0.717, 1.165) is 6.42 Å². The molecule has 0 atom stereocenters. The van der Waals surface area contributed by atoms with E-state index >= 15 is 0 Å². The standard InChI is InChI=1S/C17H22N2O4/c1-3-11-18-15(21)17(9-10-17)16(22)19-13-7-5-12(6-8-13)14(20)23-4-2/h5-8H,3-4,9-11H2,1-2H3,(H,18,21)(H,19,22). The quantitative estimate of drug-likeness (QED) is 0.595. The van der Waals surface area contributed by atoms with Crippen LogP contribution in [0.1, 0.15) is 43.5 Å². The Morgan fingerprint density at radius 1 is 1.09 bits per heavy atom. The summed E-state index contributed by atoms with van der Waals surface area (Å²) < 4.78 is 4.90. The van der Waals surface area contributed by atoms with E-state index in [9.17, 15) is 14.4 Å². The molecule has 1 saturated carbocycles. The minimum Gasteiger partial charge on any atom is -0.462 e. The molecule has 2 rings (SSSR count). The molecule has 1 aliphatic carbocycles. The minimum atomic E-state index is -0.936. The number of anilines is 1. The molecule has 1 fully saturated rings. The lowest BCUT2D eigenvalue weighted by Crippen LogP contribution is -2.40. The molecule has 0 spiro atoms. The van der Waals surface area contributed by atoms with Gasteiger partial charge in [0.05, 0.1) is 12.2 Å². The van der Waals surface area contributed by atoms with Gasteiger partial charge in [-0.1, -0.05) is 6.92 Å². The van der Waals surface area contributed by atoms with E-state index in [1.165, 1.54) is 0 Å². The maximum Gasteiger partial charge on any atom is 0.338 e. The number of nitrogens with one attached hydrogen (secondary N) is 2. The number of rotatable bonds is 7. The monoisotopic (exact) mass is 318 g/mol. The third-order valence-electron chi connectivity index (χ3n) is 3.81. The Kier molecular flexibility index (Phi) is 5.36. The molecule has 6 heteroatoms. The van der Waals surface area contributed by atoms with Crippen molar-refractivity contribution in [3.8, 4) is 0 Å². The molecule has 0 bridgehead atoms. The zero-order chi connectivity index (χ0) is 16.9. The first kappa shape index (κ1) is 17.0. The summed E-state index contributed by atoms with van der Waals surface area (Å²) in [5.41, 5.74) is 0.0407. The van der Waals surface area contributed by atoms with Gasteiger partial charge >= 0.3 is 5.97 Å². The second-order valence-electron chi connectivity index (χ2n) is 5.59. The normalized spacial score (nSPS) is 14.7. The SMILES string of the molecule is CCCNC(=O)C1(C(=O)Nc2ccc(C(=O)OCC)cc2)CC1. The first-order valence-electron chi connectivity index (χ1n) is 7.90. The molecule has 0 aliphatic heterocycles. The number of ether oxygens (including phenoxy) is 1. The Balaban J connectivity index is 1.98. The summed E-state index contributed by atoms with van der Waals surface area (Å²) in [6.45, 7) is 4.59. The number of hydrogen-bond donors (Lipinski definition) is 2. The van der Waals surface area contributed by atoms with Gasteiger partial charge in [-0.3, -0.25) is 9.59 Å². The molecule has 0 heterocycles. The van der Waals surface area contributed by atoms with Gasteiger partial charge in [-0.25, -0.2) is 4.79 Å². The molecular formula is C17H22N2O4. The number of carbonyl (C=O) groups is 3. The van der Waals surface area contributed by atoms with E-state index in [2.05, 4.69) is 10.6 Å². The Hall–Kier alpha value is -2.37. The number of esters is 1. The fourth-order valence-corrected chi connectivity index (χ4v) is 2.24. The lowest BCUT2D eigenvalue weighted by atomic mass is 10.0. The molecule has 1 aliphatic rings. The van der Waals surface area contributed by atoms with Crippen LogP contribution in [0.5, 0.6) is 0 Å². The van der Waals surface area contributed by atoms with Crippen LogP contribution in [0, 0.1) is 5.41 Å². The summed E-state index contributed by atoms with van der Waals surface area (Å²) in [5.74, 6) is -0.905. The molecule has 124 valence electrons. The van der Waals surface area contributed by atoms with Crippen LogP contribution in [0.4, 0.5) is 5.69 Å². The van der Waals surface area contributed by atoms with Crippen molar-refractivity contribution >= 4 is 23.5 Å². The minimum absolute atomic E-state index is 0.208. The fourth-order valence-electron chi connectivity index (χ4n) is 2.24. The highest BCUT2D eigenvalue weighted by Crippen LogP contribution is 2.46. The molecule has 1 aromatic rings. The highest BCUT2D eigenvalue weighted by atomic mass is 16.5. The van der Waals surface area contributed by atoms with Crippen molar-refractivity contribution in [1.82, 2.24) is 5.32 Å². The van der Waals surface area contributed by atoms with E-state index in [0.29, 0.717) is 37.2 Å². The van der Waals surface area contributed by atoms with Crippen molar-refractivity contribution in [2.75, 3.05) is 18.5 Å². The van der Waals surface area contributed by atoms with Gasteiger partial charge in [0.1, 0.15) is 5.41 Å². The van der Waals surface area contributed by atoms with Gasteiger partial charge in [0.2, 0.25) is 11.8 Å². The van der Waals surface area contributed by atoms with E-state index in [-0.39, 0.29) is 11.8 Å². The lowest BCUT2D eigenvalue weighted by Gasteiger charge is -2.15. The van der Waals surface area contributed by atoms with Crippen LogP contribution in [0.2, 0.25) is 0 Å². The van der Waals surface area contributed by atoms with Crippen molar-refractivity contribution in [2.24, 2.45) is 5.41 Å². The smallest absolute Gasteiger partial charge is 0.338 e. The first-order valence-corrected chi connectivity index (χ1v) is 7.90. The average Bonchev–Trinajstić information content (AvgIpc) is 3.35. The van der Waals surface area contributed by atoms with Crippen LogP contribution >= 0.6 is 0 Å². The van der Waals surface area contributed by atoms with Crippen LogP contribution in [0.25, 0.3) is 0 Å². The third kappa shape index (κ3) is 3.88. The fraction of sp³-hybridized carbons (Fsp3) is 0.471. The largest absolute Gasteiger partial charge is 0.462 e. The number of hydrogen-bond acceptors (Lipinski definition) is 4. The van der Waals surface area contributed by atoms with Gasteiger partial charge in [0.15, 0.2) is 0 Å². The first-order chi connectivity index (χ1) is 11.0. The Bertz CT molecular complexity index is 591. The number of carbonyl (C=O) groups excluding carboxylic acids is 3. The summed E-state index contributed by atoms with van der Waals surface area (Å²) >= 11 is 0. The van der Waals surface area contributed by atoms with Gasteiger partial charge < -0.3 is 15.4 Å². The van der Waals surface area contributed by atoms with Crippen molar-refractivity contribution in [1.29, 1.82) is 0 Å². The second-order valence-corrected chi connectivity index (χ2v) is 5.59. The van der Waals surface area contributed by atoms with Crippen LogP contribution in [0.15, 0.2) is 24.3 Å². The molecule has 23 heavy (non-hydrogen) atoms. The van der Waals surface area contributed by atoms with Crippen molar-refractivity contribution < 1.29 is 19.1 Å². The predicted octanol–water partition coefficient (Wildman–Crippen LogP) is 2.11. The second kappa shape index (κ2) is 7.26. The lowest BCUT2D eigenvalue weighted by molar-refractivity contribution is -0.134. The number of benzene rings is 1. The Morgan fingerprint density at radius 3 is 2.26 bits per heavy atom. The molecular weight excluding hydrogens is 296 g/mol. The van der Waals surface area contributed by atoms with Gasteiger partial charge in [-0.2, -0.15) is 0 Å². The van der Waals surface area contributed by atoms with Crippen molar-refractivity contribution in [3.05, 3.63) is 29.8 Å². The molecule has 0 radical (unpaired) electrons. The molecule has 1 aromatic carbocycles. The summed E-state index contributed by atoms with van der Waals surface area (Å²) in [6, 6.07) is 6.43. The summed E-state index contributed by atoms with van der Waals surface area (Å²) in [5, 5.41) is 5.53. The summed E-state index contributed by atoms with van der Waals surface area (Å²) in [6.07, 6.45) is 1.96. The Morgan fingerprint density at radius 2 is 1.74 bits per heavy atom. The zero-order valence-corrected chi connectivity index (χ0v) is 13.5. The topological polar surface area (TPSA) is 84.5 Å². The van der Waals surface area contributed by atoms with Crippen LogP contribution < -0.4 is 10.6 Å². The third-order valence-corrected chi connectivity index (χ3v) is 3.81. The van der Waals surface area contributed by atoms with Crippen molar-refractivity contribution in [3.63, 3.8) is 0 Å². The number of amides is 2. The molecule has 6 nitrogen and oxygen atoms in total. The highest BCUT2D eigenvalue weighted by molar-refractivity contribution is 6.13. The van der Waals surface area contributed by atoms with Gasteiger partial charge in [0.25, 0.3) is 0 Å².